The van der Waals surface area contributed by atoms with Crippen LogP contribution < -0.4 is 0 Å². The van der Waals surface area contributed by atoms with E-state index < -0.39 is 0 Å². The molecule has 1 aromatic carbocycles. The molecule has 142 valence electrons. The van der Waals surface area contributed by atoms with Crippen molar-refractivity contribution < 1.29 is 5.11 Å². The number of benzene rings is 1. The Balaban J connectivity index is 1.39. The zero-order valence-corrected chi connectivity index (χ0v) is 16.6. The normalized spacial score (nSPS) is 28.9. The molecule has 1 heteroatoms. The molecule has 3 atom stereocenters. The van der Waals surface area contributed by atoms with Crippen LogP contribution in [0.3, 0.4) is 0 Å². The Morgan fingerprint density at radius 1 is 0.786 bits per heavy atom. The highest BCUT2D eigenvalue weighted by Crippen LogP contribution is 2.46. The smallest absolute Gasteiger partial charge is 0.111 e. The highest BCUT2D eigenvalue weighted by atomic mass is 16.3. The fourth-order valence-corrected chi connectivity index (χ4v) is 5.18. The Morgan fingerprint density at radius 2 is 1.46 bits per heavy atom. The number of aliphatic hydroxyl groups is 1. The molecule has 0 aromatic heterocycles. The van der Waals surface area contributed by atoms with Crippen LogP contribution >= 0.6 is 0 Å². The second kappa shape index (κ2) is 7.13. The first kappa shape index (κ1) is 17.6. The molecular formula is C27H28O. The number of allylic oxidation sites excluding steroid dienone is 11. The first-order valence-corrected chi connectivity index (χ1v) is 10.6. The van der Waals surface area contributed by atoms with Crippen LogP contribution in [0, 0.1) is 18.8 Å². The minimum absolute atomic E-state index is 0.414. The van der Waals surface area contributed by atoms with E-state index in [2.05, 4.69) is 61.6 Å². The van der Waals surface area contributed by atoms with Gasteiger partial charge in [-0.15, -0.1) is 0 Å². The summed E-state index contributed by atoms with van der Waals surface area (Å²) < 4.78 is 0. The van der Waals surface area contributed by atoms with Gasteiger partial charge in [-0.3, -0.25) is 0 Å². The van der Waals surface area contributed by atoms with E-state index in [1.807, 2.05) is 12.2 Å². The largest absolute Gasteiger partial charge is 0.508 e. The lowest BCUT2D eigenvalue weighted by Gasteiger charge is -2.35. The summed E-state index contributed by atoms with van der Waals surface area (Å²) in [6.07, 6.45) is 21.3. The van der Waals surface area contributed by atoms with Gasteiger partial charge in [-0.25, -0.2) is 0 Å². The van der Waals surface area contributed by atoms with Crippen molar-refractivity contribution in [1.82, 2.24) is 0 Å². The van der Waals surface area contributed by atoms with Gasteiger partial charge in [0.25, 0.3) is 0 Å². The van der Waals surface area contributed by atoms with Crippen molar-refractivity contribution in [3.63, 3.8) is 0 Å². The van der Waals surface area contributed by atoms with Gasteiger partial charge in [0.05, 0.1) is 0 Å². The van der Waals surface area contributed by atoms with Gasteiger partial charge in [0.15, 0.2) is 0 Å². The summed E-state index contributed by atoms with van der Waals surface area (Å²) >= 11 is 0. The van der Waals surface area contributed by atoms with Crippen LogP contribution in [-0.4, -0.2) is 5.11 Å². The summed E-state index contributed by atoms with van der Waals surface area (Å²) in [5.74, 6) is 1.94. The second-order valence-electron chi connectivity index (χ2n) is 8.70. The van der Waals surface area contributed by atoms with Crippen LogP contribution in [0.1, 0.15) is 49.1 Å². The van der Waals surface area contributed by atoms with Crippen LogP contribution in [0.15, 0.2) is 94.8 Å². The van der Waals surface area contributed by atoms with E-state index in [1.165, 1.54) is 24.0 Å². The predicted molar refractivity (Wildman–Crippen MR) is 116 cm³/mol. The molecule has 0 spiro atoms. The Hall–Kier alpha value is -2.54. The van der Waals surface area contributed by atoms with Crippen LogP contribution in [0.4, 0.5) is 0 Å². The van der Waals surface area contributed by atoms with Gasteiger partial charge in [0.1, 0.15) is 5.76 Å². The number of fused-ring (bicyclic) bond motifs is 1. The average molecular weight is 369 g/mol. The standard InChI is InChI=1S/C27H28O/c1-18-2-4-19(5-3-18)23-10-8-21-6-7-22-9-11-24(17-27(22)26(21)16-23)20-12-14-25(28)15-13-20/h2-5,8-12,14-15,20,23-24,28H,6-7,13,16-17H2,1H3. The number of aryl methyl sites for hydroxylation is 1. The minimum Gasteiger partial charge on any atom is -0.508 e. The number of hydrogen-bond acceptors (Lipinski definition) is 1. The van der Waals surface area contributed by atoms with Crippen molar-refractivity contribution in [2.24, 2.45) is 11.8 Å². The van der Waals surface area contributed by atoms with Gasteiger partial charge in [0.2, 0.25) is 0 Å². The highest BCUT2D eigenvalue weighted by Gasteiger charge is 2.30. The first-order valence-electron chi connectivity index (χ1n) is 10.6. The number of rotatable bonds is 2. The maximum atomic E-state index is 9.65. The van der Waals surface area contributed by atoms with E-state index in [0.29, 0.717) is 23.5 Å². The van der Waals surface area contributed by atoms with Gasteiger partial charge >= 0.3 is 0 Å². The molecule has 0 radical (unpaired) electrons. The van der Waals surface area contributed by atoms with Crippen molar-refractivity contribution in [1.29, 1.82) is 0 Å². The molecule has 0 saturated carbocycles. The van der Waals surface area contributed by atoms with Gasteiger partial charge < -0.3 is 5.11 Å². The van der Waals surface area contributed by atoms with Crippen LogP contribution in [0.5, 0.6) is 0 Å². The molecule has 1 nitrogen and oxygen atoms in total. The second-order valence-corrected chi connectivity index (χ2v) is 8.70. The maximum Gasteiger partial charge on any atom is 0.111 e. The Morgan fingerprint density at radius 3 is 2.18 bits per heavy atom. The molecule has 0 saturated heterocycles. The molecule has 4 aliphatic rings. The Labute approximate surface area is 168 Å². The van der Waals surface area contributed by atoms with Crippen molar-refractivity contribution in [3.8, 4) is 0 Å². The fourth-order valence-electron chi connectivity index (χ4n) is 5.18. The Kier molecular flexibility index (Phi) is 4.47. The van der Waals surface area contributed by atoms with E-state index in [-0.39, 0.29) is 0 Å². The SMILES string of the molecule is Cc1ccc(C2C=CC3=C(C2)C2=C(C=CC(C4C=CC(O)=CC4)C2)CC3)cc1. The van der Waals surface area contributed by atoms with E-state index in [4.69, 9.17) is 0 Å². The molecule has 4 aliphatic carbocycles. The van der Waals surface area contributed by atoms with Crippen LogP contribution in [0.2, 0.25) is 0 Å². The molecule has 0 amide bonds. The average Bonchev–Trinajstić information content (AvgIpc) is 2.74. The van der Waals surface area contributed by atoms with Crippen LogP contribution in [-0.2, 0) is 0 Å². The third-order valence-electron chi connectivity index (χ3n) is 6.91. The van der Waals surface area contributed by atoms with E-state index in [9.17, 15) is 5.11 Å². The minimum atomic E-state index is 0.414. The summed E-state index contributed by atoms with van der Waals surface area (Å²) in [4.78, 5) is 0. The molecule has 0 bridgehead atoms. The molecule has 28 heavy (non-hydrogen) atoms. The molecule has 0 fully saturated rings. The lowest BCUT2D eigenvalue weighted by Crippen LogP contribution is -2.20. The number of hydrogen-bond donors (Lipinski definition) is 1. The third kappa shape index (κ3) is 3.24. The van der Waals surface area contributed by atoms with Crippen LogP contribution in [0.25, 0.3) is 0 Å². The quantitative estimate of drug-likeness (QED) is 0.594. The predicted octanol–water partition coefficient (Wildman–Crippen LogP) is 7.02. The zero-order chi connectivity index (χ0) is 19.1. The van der Waals surface area contributed by atoms with Crippen molar-refractivity contribution in [2.75, 3.05) is 0 Å². The summed E-state index contributed by atoms with van der Waals surface area (Å²) in [7, 11) is 0. The molecule has 1 aromatic rings. The zero-order valence-electron chi connectivity index (χ0n) is 16.6. The summed E-state index contributed by atoms with van der Waals surface area (Å²) in [6.45, 7) is 2.16. The maximum absolute atomic E-state index is 9.65. The summed E-state index contributed by atoms with van der Waals surface area (Å²) in [6, 6.07) is 9.05. The lowest BCUT2D eigenvalue weighted by molar-refractivity contribution is 0.403. The van der Waals surface area contributed by atoms with Gasteiger partial charge in [0, 0.05) is 5.92 Å². The highest BCUT2D eigenvalue weighted by molar-refractivity contribution is 5.54. The molecular weight excluding hydrogens is 340 g/mol. The van der Waals surface area contributed by atoms with Crippen molar-refractivity contribution in [3.05, 3.63) is 106 Å². The van der Waals surface area contributed by atoms with Gasteiger partial charge in [-0.1, -0.05) is 60.2 Å². The fraction of sp³-hybridized carbons (Fsp3) is 0.333. The first-order chi connectivity index (χ1) is 13.7. The molecule has 1 N–H and O–H groups in total. The Bertz CT molecular complexity index is 962. The van der Waals surface area contributed by atoms with Gasteiger partial charge in [-0.05, 0) is 90.9 Å². The van der Waals surface area contributed by atoms with Crippen molar-refractivity contribution >= 4 is 0 Å². The third-order valence-corrected chi connectivity index (χ3v) is 6.91. The number of aliphatic hydroxyl groups excluding tert-OH is 1. The van der Waals surface area contributed by atoms with Crippen molar-refractivity contribution in [2.45, 2.75) is 44.9 Å². The topological polar surface area (TPSA) is 20.2 Å². The van der Waals surface area contributed by atoms with E-state index in [0.717, 1.165) is 19.3 Å². The summed E-state index contributed by atoms with van der Waals surface area (Å²) in [5, 5.41) is 9.65. The lowest BCUT2D eigenvalue weighted by atomic mass is 9.70. The summed E-state index contributed by atoms with van der Waals surface area (Å²) in [5.41, 5.74) is 9.11. The molecule has 0 heterocycles. The monoisotopic (exact) mass is 368 g/mol. The molecule has 5 rings (SSSR count). The van der Waals surface area contributed by atoms with E-state index >= 15 is 0 Å². The molecule has 0 aliphatic heterocycles. The molecule has 3 unspecified atom stereocenters. The van der Waals surface area contributed by atoms with Gasteiger partial charge in [-0.2, -0.15) is 0 Å². The van der Waals surface area contributed by atoms with E-state index in [1.54, 1.807) is 22.3 Å².